The van der Waals surface area contributed by atoms with E-state index in [1.807, 2.05) is 0 Å². The van der Waals surface area contributed by atoms with E-state index < -0.39 is 0 Å². The quantitative estimate of drug-likeness (QED) is 0.344. The largest absolute Gasteiger partial charge is 0.357 e. The van der Waals surface area contributed by atoms with Crippen LogP contribution in [0.15, 0.2) is 17.1 Å². The molecule has 0 unspecified atom stereocenters. The van der Waals surface area contributed by atoms with Gasteiger partial charge in [0.15, 0.2) is 0 Å². The molecule has 134 valence electrons. The molecule has 23 heavy (non-hydrogen) atoms. The summed E-state index contributed by atoms with van der Waals surface area (Å²) in [5, 5.41) is 0. The number of unbranched alkanes of at least 4 members (excludes halogenated alkanes) is 9. The zero-order chi connectivity index (χ0) is 16.6. The molecule has 0 fully saturated rings. The van der Waals surface area contributed by atoms with Gasteiger partial charge >= 0.3 is 0 Å². The highest BCUT2D eigenvalue weighted by Gasteiger charge is 2.14. The van der Waals surface area contributed by atoms with Gasteiger partial charge in [0.2, 0.25) is 0 Å². The monoisotopic (exact) mass is 321 g/mol. The van der Waals surface area contributed by atoms with E-state index in [1.165, 1.54) is 76.5 Å². The lowest BCUT2D eigenvalue weighted by Gasteiger charge is -2.19. The van der Waals surface area contributed by atoms with Gasteiger partial charge in [-0.25, -0.2) is 0 Å². The number of hydrogen-bond donors (Lipinski definition) is 1. The van der Waals surface area contributed by atoms with E-state index in [0.29, 0.717) is 0 Å². The fourth-order valence-corrected chi connectivity index (χ4v) is 3.16. The summed E-state index contributed by atoms with van der Waals surface area (Å²) in [6.07, 6.45) is 20.7. The second-order valence-corrected chi connectivity index (χ2v) is 6.70. The maximum atomic E-state index is 5.64. The van der Waals surface area contributed by atoms with Crippen LogP contribution in [0.4, 0.5) is 0 Å². The van der Waals surface area contributed by atoms with Gasteiger partial charge < -0.3 is 10.6 Å². The topological polar surface area (TPSA) is 41.6 Å². The zero-order valence-electron chi connectivity index (χ0n) is 15.4. The fraction of sp³-hybridized carbons (Fsp3) is 0.850. The van der Waals surface area contributed by atoms with Crippen molar-refractivity contribution in [3.05, 3.63) is 12.2 Å². The lowest BCUT2D eigenvalue weighted by atomic mass is 10.1. The van der Waals surface area contributed by atoms with Crippen molar-refractivity contribution in [1.29, 1.82) is 0 Å². The van der Waals surface area contributed by atoms with E-state index in [9.17, 15) is 0 Å². The Morgan fingerprint density at radius 2 is 1.61 bits per heavy atom. The van der Waals surface area contributed by atoms with Crippen molar-refractivity contribution in [3.8, 4) is 0 Å². The smallest absolute Gasteiger partial charge is 0.0990 e. The molecule has 0 saturated heterocycles. The van der Waals surface area contributed by atoms with Crippen LogP contribution in [0.25, 0.3) is 0 Å². The summed E-state index contributed by atoms with van der Waals surface area (Å²) in [5.74, 6) is 1.31. The molecule has 1 rings (SSSR count). The van der Waals surface area contributed by atoms with Gasteiger partial charge in [0.1, 0.15) is 0 Å². The third-order valence-electron chi connectivity index (χ3n) is 4.59. The SMILES string of the molecule is CCCCC/C=C/CCCCCCCCC1=NCCN1CCN. The lowest BCUT2D eigenvalue weighted by Crippen LogP contribution is -2.32. The highest BCUT2D eigenvalue weighted by atomic mass is 15.2. The lowest BCUT2D eigenvalue weighted by molar-refractivity contribution is 0.456. The molecule has 0 amide bonds. The molecule has 0 radical (unpaired) electrons. The van der Waals surface area contributed by atoms with Crippen LogP contribution in [0.1, 0.15) is 84.0 Å². The van der Waals surface area contributed by atoms with E-state index in [0.717, 1.165) is 32.6 Å². The summed E-state index contributed by atoms with van der Waals surface area (Å²) in [4.78, 5) is 6.98. The third-order valence-corrected chi connectivity index (χ3v) is 4.59. The molecule has 0 bridgehead atoms. The first kappa shape index (κ1) is 20.2. The first-order valence-corrected chi connectivity index (χ1v) is 10.0. The molecule has 2 N–H and O–H groups in total. The Kier molecular flexibility index (Phi) is 13.0. The first-order chi connectivity index (χ1) is 11.4. The van der Waals surface area contributed by atoms with Gasteiger partial charge in [0.25, 0.3) is 0 Å². The minimum absolute atomic E-state index is 0.742. The number of nitrogens with two attached hydrogens (primary N) is 1. The summed E-state index contributed by atoms with van der Waals surface area (Å²) >= 11 is 0. The molecule has 0 saturated carbocycles. The minimum Gasteiger partial charge on any atom is -0.357 e. The molecule has 0 aromatic rings. The molecule has 1 aliphatic rings. The standard InChI is InChI=1S/C20H39N3/c1-2-3-4-5-6-7-8-9-10-11-12-13-14-15-20-22-17-19-23(20)18-16-21/h6-7H,2-5,8-19,21H2,1H3/b7-6+. The second kappa shape index (κ2) is 14.7. The predicted octanol–water partition coefficient (Wildman–Crippen LogP) is 4.92. The Balaban J connectivity index is 1.85. The summed E-state index contributed by atoms with van der Waals surface area (Å²) in [7, 11) is 0. The molecule has 0 spiro atoms. The van der Waals surface area contributed by atoms with Crippen molar-refractivity contribution in [3.63, 3.8) is 0 Å². The number of rotatable bonds is 15. The molecule has 3 heteroatoms. The number of nitrogens with zero attached hydrogens (tertiary/aromatic N) is 2. The molecule has 1 aliphatic heterocycles. The van der Waals surface area contributed by atoms with E-state index in [-0.39, 0.29) is 0 Å². The van der Waals surface area contributed by atoms with Crippen molar-refractivity contribution < 1.29 is 0 Å². The normalized spacial score (nSPS) is 14.9. The molecule has 0 aromatic heterocycles. The van der Waals surface area contributed by atoms with Gasteiger partial charge in [-0.15, -0.1) is 0 Å². The van der Waals surface area contributed by atoms with Crippen molar-refractivity contribution in [2.75, 3.05) is 26.2 Å². The Labute approximate surface area is 144 Å². The van der Waals surface area contributed by atoms with Gasteiger partial charge in [0.05, 0.1) is 12.4 Å². The van der Waals surface area contributed by atoms with Crippen LogP contribution in [0.2, 0.25) is 0 Å². The maximum absolute atomic E-state index is 5.64. The van der Waals surface area contributed by atoms with Crippen LogP contribution in [0, 0.1) is 0 Å². The van der Waals surface area contributed by atoms with Crippen LogP contribution in [-0.4, -0.2) is 36.9 Å². The van der Waals surface area contributed by atoms with Crippen molar-refractivity contribution in [2.45, 2.75) is 84.0 Å². The Bertz CT molecular complexity index is 323. The highest BCUT2D eigenvalue weighted by Crippen LogP contribution is 2.12. The number of aliphatic imine (C=N–C) groups is 1. The van der Waals surface area contributed by atoms with E-state index in [1.54, 1.807) is 0 Å². The molecule has 1 heterocycles. The molecule has 0 aromatic carbocycles. The van der Waals surface area contributed by atoms with Crippen molar-refractivity contribution in [1.82, 2.24) is 4.90 Å². The van der Waals surface area contributed by atoms with Crippen molar-refractivity contribution in [2.24, 2.45) is 10.7 Å². The number of amidine groups is 1. The summed E-state index contributed by atoms with van der Waals surface area (Å²) in [6, 6.07) is 0. The summed E-state index contributed by atoms with van der Waals surface area (Å²) < 4.78 is 0. The molecule has 0 aliphatic carbocycles. The average Bonchev–Trinajstić information content (AvgIpc) is 2.99. The van der Waals surface area contributed by atoms with E-state index in [4.69, 9.17) is 5.73 Å². The average molecular weight is 322 g/mol. The Morgan fingerprint density at radius 1 is 0.957 bits per heavy atom. The van der Waals surface area contributed by atoms with E-state index >= 15 is 0 Å². The molecular formula is C20H39N3. The van der Waals surface area contributed by atoms with Crippen molar-refractivity contribution >= 4 is 5.84 Å². The molecular weight excluding hydrogens is 282 g/mol. The predicted molar refractivity (Wildman–Crippen MR) is 103 cm³/mol. The van der Waals surface area contributed by atoms with Crippen LogP contribution in [0.5, 0.6) is 0 Å². The fourth-order valence-electron chi connectivity index (χ4n) is 3.16. The third kappa shape index (κ3) is 10.5. The number of hydrogen-bond acceptors (Lipinski definition) is 3. The maximum Gasteiger partial charge on any atom is 0.0990 e. The summed E-state index contributed by atoms with van der Waals surface area (Å²) in [6.45, 7) is 6.04. The van der Waals surface area contributed by atoms with E-state index in [2.05, 4.69) is 29.0 Å². The highest BCUT2D eigenvalue weighted by molar-refractivity contribution is 5.83. The van der Waals surface area contributed by atoms with Gasteiger partial charge in [-0.2, -0.15) is 0 Å². The zero-order valence-corrected chi connectivity index (χ0v) is 15.4. The Hall–Kier alpha value is -0.830. The van der Waals surface area contributed by atoms with Gasteiger partial charge in [-0.05, 0) is 32.1 Å². The molecule has 3 nitrogen and oxygen atoms in total. The van der Waals surface area contributed by atoms with Crippen LogP contribution >= 0.6 is 0 Å². The first-order valence-electron chi connectivity index (χ1n) is 10.0. The van der Waals surface area contributed by atoms with Crippen LogP contribution in [0.3, 0.4) is 0 Å². The van der Waals surface area contributed by atoms with Crippen LogP contribution in [-0.2, 0) is 0 Å². The minimum atomic E-state index is 0.742. The second-order valence-electron chi connectivity index (χ2n) is 6.70. The number of allylic oxidation sites excluding steroid dienone is 2. The Morgan fingerprint density at radius 3 is 2.30 bits per heavy atom. The van der Waals surface area contributed by atoms with Gasteiger partial charge in [-0.1, -0.05) is 57.6 Å². The van der Waals surface area contributed by atoms with Gasteiger partial charge in [-0.3, -0.25) is 4.99 Å². The molecule has 0 atom stereocenters. The van der Waals surface area contributed by atoms with Crippen LogP contribution < -0.4 is 5.73 Å². The van der Waals surface area contributed by atoms with Gasteiger partial charge in [0, 0.05) is 26.1 Å². The summed E-state index contributed by atoms with van der Waals surface area (Å²) in [5.41, 5.74) is 5.64.